The molecule has 1 amide bonds. The molecule has 0 spiro atoms. The lowest BCUT2D eigenvalue weighted by Gasteiger charge is -1.99. The summed E-state index contributed by atoms with van der Waals surface area (Å²) in [4.78, 5) is 15.1. The molecular weight excluding hydrogens is 251 g/mol. The van der Waals surface area contributed by atoms with Crippen molar-refractivity contribution in [3.63, 3.8) is 0 Å². The van der Waals surface area contributed by atoms with Gasteiger partial charge in [-0.15, -0.1) is 0 Å². The first-order valence-electron chi connectivity index (χ1n) is 5.77. The number of hydrogen-bond acceptors (Lipinski definition) is 4. The highest BCUT2D eigenvalue weighted by Gasteiger charge is 2.07. The third-order valence-corrected chi connectivity index (χ3v) is 2.49. The predicted molar refractivity (Wildman–Crippen MR) is 65.7 cm³/mol. The van der Waals surface area contributed by atoms with Crippen molar-refractivity contribution in [2.24, 2.45) is 0 Å². The molecule has 19 heavy (non-hydrogen) atoms. The summed E-state index contributed by atoms with van der Waals surface area (Å²) in [6.07, 6.45) is 1.99. The zero-order valence-corrected chi connectivity index (χ0v) is 10.1. The molecule has 2 rings (SSSR count). The summed E-state index contributed by atoms with van der Waals surface area (Å²) in [6.45, 7) is -0.158. The number of carbonyl (C=O) groups is 1. The lowest BCUT2D eigenvalue weighted by Crippen LogP contribution is -2.28. The van der Waals surface area contributed by atoms with E-state index < -0.39 is 12.5 Å². The molecule has 0 aliphatic rings. The van der Waals surface area contributed by atoms with Crippen LogP contribution in [0.25, 0.3) is 11.5 Å². The number of amides is 1. The van der Waals surface area contributed by atoms with Gasteiger partial charge in [0.2, 0.25) is 11.8 Å². The minimum Gasteiger partial charge on any atom is -0.444 e. The molecule has 0 saturated carbocycles. The van der Waals surface area contributed by atoms with Crippen LogP contribution in [0.1, 0.15) is 5.69 Å². The van der Waals surface area contributed by atoms with Crippen LogP contribution in [0.2, 0.25) is 0 Å². The summed E-state index contributed by atoms with van der Waals surface area (Å²) in [6, 6.07) is 5.83. The van der Waals surface area contributed by atoms with Crippen LogP contribution in [0.3, 0.4) is 0 Å². The molecule has 2 N–H and O–H groups in total. The Morgan fingerprint density at radius 2 is 2.11 bits per heavy atom. The quantitative estimate of drug-likeness (QED) is 0.849. The van der Waals surface area contributed by atoms with Gasteiger partial charge in [0.15, 0.2) is 0 Å². The fraction of sp³-hybridized carbons (Fsp3) is 0.231. The topological polar surface area (TPSA) is 75.4 Å². The summed E-state index contributed by atoms with van der Waals surface area (Å²) in [5.74, 6) is -0.340. The van der Waals surface area contributed by atoms with Crippen molar-refractivity contribution in [3.8, 4) is 11.5 Å². The summed E-state index contributed by atoms with van der Waals surface area (Å²) in [7, 11) is 0. The second kappa shape index (κ2) is 6.10. The Bertz CT molecular complexity index is 551. The Labute approximate surface area is 109 Å². The first kappa shape index (κ1) is 13.2. The van der Waals surface area contributed by atoms with E-state index in [4.69, 9.17) is 9.52 Å². The van der Waals surface area contributed by atoms with Crippen LogP contribution in [0.5, 0.6) is 0 Å². The lowest BCUT2D eigenvalue weighted by molar-refractivity contribution is -0.123. The zero-order chi connectivity index (χ0) is 13.7. The molecule has 1 aromatic heterocycles. The van der Waals surface area contributed by atoms with Gasteiger partial charge in [-0.25, -0.2) is 9.37 Å². The fourth-order valence-electron chi connectivity index (χ4n) is 1.53. The minimum atomic E-state index is -0.528. The average molecular weight is 264 g/mol. The van der Waals surface area contributed by atoms with Gasteiger partial charge in [-0.1, -0.05) is 0 Å². The number of aliphatic hydroxyl groups excluding tert-OH is 1. The first-order valence-corrected chi connectivity index (χ1v) is 5.77. The number of hydrogen-bond donors (Lipinski definition) is 2. The van der Waals surface area contributed by atoms with Gasteiger partial charge in [-0.05, 0) is 24.3 Å². The molecule has 5 nitrogen and oxygen atoms in total. The number of carbonyl (C=O) groups excluding carboxylic acids is 1. The van der Waals surface area contributed by atoms with Gasteiger partial charge in [0, 0.05) is 18.5 Å². The van der Waals surface area contributed by atoms with Gasteiger partial charge in [-0.2, -0.15) is 0 Å². The Morgan fingerprint density at radius 3 is 2.79 bits per heavy atom. The molecule has 0 bridgehead atoms. The molecule has 6 heteroatoms. The second-order valence-electron chi connectivity index (χ2n) is 3.91. The number of rotatable bonds is 5. The van der Waals surface area contributed by atoms with E-state index in [1.807, 2.05) is 0 Å². The van der Waals surface area contributed by atoms with Crippen LogP contribution in [-0.4, -0.2) is 29.1 Å². The number of nitrogens with zero attached hydrogens (tertiary/aromatic N) is 1. The molecule has 0 radical (unpaired) electrons. The number of aromatic nitrogens is 1. The number of aliphatic hydroxyl groups is 1. The molecule has 2 aromatic rings. The number of nitrogens with one attached hydrogen (secondary N) is 1. The van der Waals surface area contributed by atoms with Crippen molar-refractivity contribution in [2.75, 3.05) is 13.2 Å². The fourth-order valence-corrected chi connectivity index (χ4v) is 1.53. The highest BCUT2D eigenvalue weighted by Crippen LogP contribution is 2.18. The van der Waals surface area contributed by atoms with Gasteiger partial charge in [0.1, 0.15) is 18.7 Å². The molecule has 0 atom stereocenters. The van der Waals surface area contributed by atoms with Crippen LogP contribution in [0.4, 0.5) is 4.39 Å². The van der Waals surface area contributed by atoms with Crippen molar-refractivity contribution in [1.82, 2.24) is 10.3 Å². The maximum Gasteiger partial charge on any atom is 0.245 e. The smallest absolute Gasteiger partial charge is 0.245 e. The standard InChI is InChI=1S/C13H13FN2O3/c14-10-3-1-9(2-4-10)13-16-11(8-19-13)5-6-15-12(18)7-17/h1-4,8,17H,5-7H2,(H,15,18). The van der Waals surface area contributed by atoms with Crippen molar-refractivity contribution < 1.29 is 18.7 Å². The molecule has 1 heterocycles. The van der Waals surface area contributed by atoms with Crippen LogP contribution < -0.4 is 5.32 Å². The molecule has 100 valence electrons. The Morgan fingerprint density at radius 1 is 1.37 bits per heavy atom. The van der Waals surface area contributed by atoms with Gasteiger partial charge in [-0.3, -0.25) is 4.79 Å². The SMILES string of the molecule is O=C(CO)NCCc1coc(-c2ccc(F)cc2)n1. The number of benzene rings is 1. The third kappa shape index (κ3) is 3.62. The highest BCUT2D eigenvalue weighted by molar-refractivity contribution is 5.76. The molecule has 1 aromatic carbocycles. The van der Waals surface area contributed by atoms with Crippen molar-refractivity contribution in [1.29, 1.82) is 0 Å². The van der Waals surface area contributed by atoms with Crippen LogP contribution in [0, 0.1) is 5.82 Å². The zero-order valence-electron chi connectivity index (χ0n) is 10.1. The van der Waals surface area contributed by atoms with E-state index in [1.165, 1.54) is 18.4 Å². The number of halogens is 1. The Balaban J connectivity index is 1.95. The molecule has 0 unspecified atom stereocenters. The van der Waals surface area contributed by atoms with Crippen molar-refractivity contribution in [3.05, 3.63) is 42.0 Å². The van der Waals surface area contributed by atoms with Gasteiger partial charge in [0.25, 0.3) is 0 Å². The second-order valence-corrected chi connectivity index (χ2v) is 3.91. The summed E-state index contributed by atoms with van der Waals surface area (Å²) >= 11 is 0. The highest BCUT2D eigenvalue weighted by atomic mass is 19.1. The van der Waals surface area contributed by atoms with Crippen LogP contribution >= 0.6 is 0 Å². The van der Waals surface area contributed by atoms with E-state index in [1.54, 1.807) is 12.1 Å². The molecule has 0 aliphatic heterocycles. The molecule has 0 saturated heterocycles. The maximum absolute atomic E-state index is 12.8. The van der Waals surface area contributed by atoms with Crippen molar-refractivity contribution >= 4 is 5.91 Å². The first-order chi connectivity index (χ1) is 9.19. The average Bonchev–Trinajstić information content (AvgIpc) is 2.88. The van der Waals surface area contributed by atoms with E-state index in [9.17, 15) is 9.18 Å². The molecular formula is C13H13FN2O3. The minimum absolute atomic E-state index is 0.317. The van der Waals surface area contributed by atoms with Gasteiger partial charge < -0.3 is 14.8 Å². The summed E-state index contributed by atoms with van der Waals surface area (Å²) < 4.78 is 18.1. The Kier molecular flexibility index (Phi) is 4.25. The Hall–Kier alpha value is -2.21. The number of oxazole rings is 1. The normalized spacial score (nSPS) is 10.4. The molecule has 0 fully saturated rings. The predicted octanol–water partition coefficient (Wildman–Crippen LogP) is 1.13. The summed E-state index contributed by atoms with van der Waals surface area (Å²) in [5, 5.41) is 11.0. The maximum atomic E-state index is 12.8. The van der Waals surface area contributed by atoms with Gasteiger partial charge >= 0.3 is 0 Å². The third-order valence-electron chi connectivity index (χ3n) is 2.49. The van der Waals surface area contributed by atoms with Crippen LogP contribution in [-0.2, 0) is 11.2 Å². The summed E-state index contributed by atoms with van der Waals surface area (Å²) in [5.41, 5.74) is 1.37. The van der Waals surface area contributed by atoms with E-state index >= 15 is 0 Å². The molecule has 0 aliphatic carbocycles. The van der Waals surface area contributed by atoms with Gasteiger partial charge in [0.05, 0.1) is 5.69 Å². The van der Waals surface area contributed by atoms with E-state index in [0.29, 0.717) is 30.1 Å². The van der Waals surface area contributed by atoms with E-state index in [-0.39, 0.29) is 5.82 Å². The van der Waals surface area contributed by atoms with E-state index in [0.717, 1.165) is 0 Å². The monoisotopic (exact) mass is 264 g/mol. The lowest BCUT2D eigenvalue weighted by atomic mass is 10.2. The van der Waals surface area contributed by atoms with Crippen molar-refractivity contribution in [2.45, 2.75) is 6.42 Å². The van der Waals surface area contributed by atoms with E-state index in [2.05, 4.69) is 10.3 Å². The van der Waals surface area contributed by atoms with Crippen LogP contribution in [0.15, 0.2) is 34.9 Å². The largest absolute Gasteiger partial charge is 0.444 e.